The van der Waals surface area contributed by atoms with Crippen molar-refractivity contribution in [3.05, 3.63) is 98.0 Å². The van der Waals surface area contributed by atoms with Crippen LogP contribution in [0.25, 0.3) is 0 Å². The van der Waals surface area contributed by atoms with Crippen molar-refractivity contribution in [3.8, 4) is 5.75 Å². The maximum absolute atomic E-state index is 12.4. The van der Waals surface area contributed by atoms with Crippen LogP contribution in [0.2, 0.25) is 10.0 Å². The van der Waals surface area contributed by atoms with Crippen LogP contribution in [-0.2, 0) is 10.1 Å². The smallest absolute Gasteiger partial charge is 0.339 e. The number of nitrogens with one attached hydrogen (secondary N) is 1. The average molecular weight is 494 g/mol. The van der Waals surface area contributed by atoms with Crippen molar-refractivity contribution in [2.45, 2.75) is 4.90 Å². The second-order valence-electron chi connectivity index (χ2n) is 6.19. The SMILES string of the molecule is O=C(N/N=C\c1cccc(OS(=O)(=O)c2ccc([N+](=O)[O-])cc2)c1)c1ccc(Cl)c(Cl)c1. The monoisotopic (exact) mass is 493 g/mol. The first-order chi connectivity index (χ1) is 15.2. The van der Waals surface area contributed by atoms with Crippen LogP contribution >= 0.6 is 23.2 Å². The third kappa shape index (κ3) is 5.82. The van der Waals surface area contributed by atoms with E-state index in [-0.39, 0.29) is 26.9 Å². The molecule has 12 heteroatoms. The minimum atomic E-state index is -4.21. The van der Waals surface area contributed by atoms with E-state index >= 15 is 0 Å². The molecule has 32 heavy (non-hydrogen) atoms. The van der Waals surface area contributed by atoms with Crippen molar-refractivity contribution in [1.29, 1.82) is 0 Å². The van der Waals surface area contributed by atoms with E-state index in [0.29, 0.717) is 10.6 Å². The van der Waals surface area contributed by atoms with Gasteiger partial charge in [0.25, 0.3) is 11.6 Å². The molecule has 0 fully saturated rings. The van der Waals surface area contributed by atoms with Gasteiger partial charge in [-0.25, -0.2) is 5.43 Å². The molecule has 3 aromatic carbocycles. The van der Waals surface area contributed by atoms with Crippen molar-refractivity contribution >= 4 is 51.1 Å². The Bertz CT molecular complexity index is 1310. The highest BCUT2D eigenvalue weighted by atomic mass is 35.5. The van der Waals surface area contributed by atoms with E-state index in [1.165, 1.54) is 42.6 Å². The molecule has 0 saturated carbocycles. The zero-order chi connectivity index (χ0) is 23.3. The summed E-state index contributed by atoms with van der Waals surface area (Å²) in [5, 5.41) is 15.1. The van der Waals surface area contributed by atoms with Crippen LogP contribution in [0.3, 0.4) is 0 Å². The van der Waals surface area contributed by atoms with Gasteiger partial charge in [0, 0.05) is 17.7 Å². The van der Waals surface area contributed by atoms with Gasteiger partial charge in [-0.1, -0.05) is 35.3 Å². The number of nitro groups is 1. The lowest BCUT2D eigenvalue weighted by Crippen LogP contribution is -2.17. The molecule has 0 radical (unpaired) electrons. The molecule has 0 aliphatic carbocycles. The van der Waals surface area contributed by atoms with Crippen LogP contribution in [0, 0.1) is 10.1 Å². The third-order valence-electron chi connectivity index (χ3n) is 3.96. The van der Waals surface area contributed by atoms with Crippen molar-refractivity contribution in [1.82, 2.24) is 5.43 Å². The number of nitrogens with zero attached hydrogens (tertiary/aromatic N) is 2. The van der Waals surface area contributed by atoms with Gasteiger partial charge in [0.1, 0.15) is 10.6 Å². The lowest BCUT2D eigenvalue weighted by molar-refractivity contribution is -0.384. The number of amides is 1. The Morgan fingerprint density at radius 3 is 2.41 bits per heavy atom. The van der Waals surface area contributed by atoms with Crippen molar-refractivity contribution < 1.29 is 22.3 Å². The Labute approximate surface area is 192 Å². The summed E-state index contributed by atoms with van der Waals surface area (Å²) in [6.45, 7) is 0. The number of hydrazone groups is 1. The topological polar surface area (TPSA) is 128 Å². The molecule has 1 N–H and O–H groups in total. The van der Waals surface area contributed by atoms with Crippen LogP contribution in [0.15, 0.2) is 76.7 Å². The van der Waals surface area contributed by atoms with Crippen LogP contribution < -0.4 is 9.61 Å². The van der Waals surface area contributed by atoms with E-state index in [1.807, 2.05) is 0 Å². The van der Waals surface area contributed by atoms with Crippen LogP contribution in [0.1, 0.15) is 15.9 Å². The fourth-order valence-electron chi connectivity index (χ4n) is 2.42. The fraction of sp³-hybridized carbons (Fsp3) is 0. The standard InChI is InChI=1S/C20H13Cl2N3O6S/c21-18-9-4-14(11-19(18)22)20(26)24-23-12-13-2-1-3-16(10-13)31-32(29,30)17-7-5-15(6-8-17)25(27)28/h1-12H,(H,24,26)/b23-12-. The summed E-state index contributed by atoms with van der Waals surface area (Å²) >= 11 is 11.7. The molecule has 0 aliphatic rings. The van der Waals surface area contributed by atoms with E-state index in [9.17, 15) is 23.3 Å². The molecular formula is C20H13Cl2N3O6S. The van der Waals surface area contributed by atoms with E-state index in [0.717, 1.165) is 24.3 Å². The van der Waals surface area contributed by atoms with Crippen molar-refractivity contribution in [2.24, 2.45) is 5.10 Å². The van der Waals surface area contributed by atoms with Gasteiger partial charge in [-0.15, -0.1) is 0 Å². The molecule has 1 amide bonds. The number of carbonyl (C=O) groups is 1. The lowest BCUT2D eigenvalue weighted by atomic mass is 10.2. The molecule has 0 aromatic heterocycles. The number of carbonyl (C=O) groups excluding carboxylic acids is 1. The fourth-order valence-corrected chi connectivity index (χ4v) is 3.64. The van der Waals surface area contributed by atoms with Gasteiger partial charge < -0.3 is 4.18 Å². The summed E-state index contributed by atoms with van der Waals surface area (Å²) in [5.41, 5.74) is 2.76. The maximum atomic E-state index is 12.4. The molecule has 0 aliphatic heterocycles. The Morgan fingerprint density at radius 1 is 1.03 bits per heavy atom. The number of hydrogen-bond donors (Lipinski definition) is 1. The van der Waals surface area contributed by atoms with Gasteiger partial charge in [0.05, 0.1) is 21.2 Å². The zero-order valence-electron chi connectivity index (χ0n) is 15.9. The Morgan fingerprint density at radius 2 is 1.75 bits per heavy atom. The van der Waals surface area contributed by atoms with E-state index < -0.39 is 20.9 Å². The van der Waals surface area contributed by atoms with Crippen LogP contribution in [0.5, 0.6) is 5.75 Å². The Balaban J connectivity index is 1.68. The summed E-state index contributed by atoms with van der Waals surface area (Å²) in [4.78, 5) is 21.9. The van der Waals surface area contributed by atoms with Crippen molar-refractivity contribution in [2.75, 3.05) is 0 Å². The van der Waals surface area contributed by atoms with Gasteiger partial charge in [-0.2, -0.15) is 13.5 Å². The second kappa shape index (κ2) is 9.77. The van der Waals surface area contributed by atoms with E-state index in [4.69, 9.17) is 27.4 Å². The van der Waals surface area contributed by atoms with Gasteiger partial charge in [0.2, 0.25) is 0 Å². The molecule has 164 valence electrons. The molecule has 0 spiro atoms. The number of non-ortho nitro benzene ring substituents is 1. The third-order valence-corrected chi connectivity index (χ3v) is 5.96. The molecule has 0 saturated heterocycles. The normalized spacial score (nSPS) is 11.3. The molecule has 0 heterocycles. The molecule has 0 atom stereocenters. The quantitative estimate of drug-likeness (QED) is 0.224. The summed E-state index contributed by atoms with van der Waals surface area (Å²) < 4.78 is 29.9. The lowest BCUT2D eigenvalue weighted by Gasteiger charge is -2.07. The number of nitro benzene ring substituents is 1. The van der Waals surface area contributed by atoms with E-state index in [2.05, 4.69) is 10.5 Å². The Kier molecular flexibility index (Phi) is 7.08. The van der Waals surface area contributed by atoms with Gasteiger partial charge >= 0.3 is 10.1 Å². The van der Waals surface area contributed by atoms with Crippen molar-refractivity contribution in [3.63, 3.8) is 0 Å². The maximum Gasteiger partial charge on any atom is 0.339 e. The number of benzene rings is 3. The highest BCUT2D eigenvalue weighted by molar-refractivity contribution is 7.87. The summed E-state index contributed by atoms with van der Waals surface area (Å²) in [7, 11) is -4.21. The summed E-state index contributed by atoms with van der Waals surface area (Å²) in [6, 6.07) is 14.6. The first kappa shape index (κ1) is 23.2. The predicted octanol–water partition coefficient (Wildman–Crippen LogP) is 4.43. The molecule has 9 nitrogen and oxygen atoms in total. The largest absolute Gasteiger partial charge is 0.379 e. The van der Waals surface area contributed by atoms with E-state index in [1.54, 1.807) is 6.07 Å². The van der Waals surface area contributed by atoms with Gasteiger partial charge in [-0.3, -0.25) is 14.9 Å². The summed E-state index contributed by atoms with van der Waals surface area (Å²) in [5.74, 6) is -0.531. The first-order valence-corrected chi connectivity index (χ1v) is 10.9. The molecule has 3 rings (SSSR count). The van der Waals surface area contributed by atoms with Crippen LogP contribution in [-0.4, -0.2) is 25.5 Å². The molecule has 0 unspecified atom stereocenters. The minimum Gasteiger partial charge on any atom is -0.379 e. The van der Waals surface area contributed by atoms with Crippen LogP contribution in [0.4, 0.5) is 5.69 Å². The number of halogens is 2. The Hall–Kier alpha value is -3.47. The predicted molar refractivity (Wildman–Crippen MR) is 119 cm³/mol. The van der Waals surface area contributed by atoms with Gasteiger partial charge in [0.15, 0.2) is 0 Å². The average Bonchev–Trinajstić information content (AvgIpc) is 2.75. The number of hydrogen-bond acceptors (Lipinski definition) is 7. The molecule has 0 bridgehead atoms. The zero-order valence-corrected chi connectivity index (χ0v) is 18.3. The molecule has 3 aromatic rings. The summed E-state index contributed by atoms with van der Waals surface area (Å²) in [6.07, 6.45) is 1.29. The van der Waals surface area contributed by atoms with Gasteiger partial charge in [-0.05, 0) is 48.0 Å². The highest BCUT2D eigenvalue weighted by Gasteiger charge is 2.18. The first-order valence-electron chi connectivity index (χ1n) is 8.73. The number of rotatable bonds is 7. The minimum absolute atomic E-state index is 0.0110. The second-order valence-corrected chi connectivity index (χ2v) is 8.55. The molecular weight excluding hydrogens is 481 g/mol. The highest BCUT2D eigenvalue weighted by Crippen LogP contribution is 2.23.